The Morgan fingerprint density at radius 3 is 2.26 bits per heavy atom. The molecule has 0 saturated carbocycles. The molecule has 0 amide bonds. The van der Waals surface area contributed by atoms with Crippen LogP contribution >= 0.6 is 11.8 Å². The van der Waals surface area contributed by atoms with Gasteiger partial charge in [0, 0.05) is 17.3 Å². The summed E-state index contributed by atoms with van der Waals surface area (Å²) in [7, 11) is 1.64. The molecule has 0 radical (unpaired) electrons. The van der Waals surface area contributed by atoms with Crippen LogP contribution < -0.4 is 9.47 Å². The van der Waals surface area contributed by atoms with Crippen molar-refractivity contribution in [2.75, 3.05) is 26.1 Å². The summed E-state index contributed by atoms with van der Waals surface area (Å²) in [6.45, 7) is 4.88. The predicted octanol–water partition coefficient (Wildman–Crippen LogP) is 5.41. The number of halogens is 3. The smallest absolute Gasteiger partial charge is 0.416 e. The van der Waals surface area contributed by atoms with E-state index in [1.54, 1.807) is 18.9 Å². The summed E-state index contributed by atoms with van der Waals surface area (Å²) in [5, 5.41) is 0. The Balaban J connectivity index is 0.00000151. The molecule has 2 rings (SSSR count). The van der Waals surface area contributed by atoms with E-state index in [9.17, 15) is 13.2 Å². The second-order valence-electron chi connectivity index (χ2n) is 6.35. The predicted molar refractivity (Wildman–Crippen MR) is 110 cm³/mol. The molecule has 0 aliphatic heterocycles. The van der Waals surface area contributed by atoms with Gasteiger partial charge in [0.1, 0.15) is 24.2 Å². The Labute approximate surface area is 183 Å². The summed E-state index contributed by atoms with van der Waals surface area (Å²) >= 11 is 1.64. The van der Waals surface area contributed by atoms with Gasteiger partial charge in [-0.3, -0.25) is 0 Å². The highest BCUT2D eigenvalue weighted by molar-refractivity contribution is 7.99. The number of rotatable bonds is 10. The van der Waals surface area contributed by atoms with E-state index in [1.807, 2.05) is 26.0 Å². The van der Waals surface area contributed by atoms with Crippen molar-refractivity contribution in [2.45, 2.75) is 37.4 Å². The molecule has 0 aromatic heterocycles. The van der Waals surface area contributed by atoms with Gasteiger partial charge in [0.05, 0.1) is 12.7 Å². The number of hydrogen-bond donors (Lipinski definition) is 0. The average Bonchev–Trinajstić information content (AvgIpc) is 2.73. The highest BCUT2D eigenvalue weighted by Crippen LogP contribution is 2.30. The van der Waals surface area contributed by atoms with Gasteiger partial charge in [0.25, 0.3) is 0 Å². The molecular formula is C22H25F3O5S. The molecule has 0 aliphatic carbocycles. The van der Waals surface area contributed by atoms with Crippen molar-refractivity contribution in [3.8, 4) is 11.5 Å². The standard InChI is InChI=1S/C21H25F3O3S.CO2/c1-4-11-26-18(14-28-19-9-10-20(25-3)15(2)12-19)13-27-17-7-5-16(6-8-17)21(22,23)24;2-1-3/h5-10,12,18H,4,11,13-14H2,1-3H3;. The van der Waals surface area contributed by atoms with E-state index >= 15 is 0 Å². The van der Waals surface area contributed by atoms with Gasteiger partial charge in [-0.25, -0.2) is 0 Å². The number of carbonyl (C=O) groups excluding carboxylic acids is 2. The van der Waals surface area contributed by atoms with Crippen molar-refractivity contribution in [3.05, 3.63) is 53.6 Å². The van der Waals surface area contributed by atoms with Crippen LogP contribution in [-0.4, -0.2) is 38.3 Å². The molecule has 0 N–H and O–H groups in total. The molecule has 1 atom stereocenters. The van der Waals surface area contributed by atoms with Gasteiger partial charge in [-0.2, -0.15) is 22.8 Å². The van der Waals surface area contributed by atoms with E-state index in [0.717, 1.165) is 34.8 Å². The highest BCUT2D eigenvalue weighted by atomic mass is 32.2. The summed E-state index contributed by atoms with van der Waals surface area (Å²) in [5.41, 5.74) is 0.364. The maximum absolute atomic E-state index is 12.6. The molecule has 0 fully saturated rings. The summed E-state index contributed by atoms with van der Waals surface area (Å²) in [5.74, 6) is 1.91. The monoisotopic (exact) mass is 458 g/mol. The van der Waals surface area contributed by atoms with E-state index in [4.69, 9.17) is 23.8 Å². The molecule has 0 spiro atoms. The first-order chi connectivity index (χ1) is 14.7. The first-order valence-corrected chi connectivity index (χ1v) is 10.4. The maximum atomic E-state index is 12.6. The zero-order valence-corrected chi connectivity index (χ0v) is 18.3. The fourth-order valence-electron chi connectivity index (χ4n) is 2.49. The normalized spacial score (nSPS) is 11.7. The Bertz CT molecular complexity index is 819. The first-order valence-electron chi connectivity index (χ1n) is 9.43. The first kappa shape index (κ1) is 26.6. The van der Waals surface area contributed by atoms with Crippen molar-refractivity contribution in [1.29, 1.82) is 0 Å². The zero-order valence-electron chi connectivity index (χ0n) is 17.5. The lowest BCUT2D eigenvalue weighted by Gasteiger charge is -2.18. The number of methoxy groups -OCH3 is 1. The second-order valence-corrected chi connectivity index (χ2v) is 7.45. The molecule has 0 aliphatic rings. The molecule has 0 saturated heterocycles. The number of benzene rings is 2. The van der Waals surface area contributed by atoms with Gasteiger partial charge < -0.3 is 14.2 Å². The van der Waals surface area contributed by atoms with Crippen LogP contribution in [-0.2, 0) is 20.5 Å². The van der Waals surface area contributed by atoms with Crippen LogP contribution in [0.4, 0.5) is 13.2 Å². The molecule has 31 heavy (non-hydrogen) atoms. The average molecular weight is 458 g/mol. The van der Waals surface area contributed by atoms with Crippen molar-refractivity contribution in [3.63, 3.8) is 0 Å². The zero-order chi connectivity index (χ0) is 23.3. The summed E-state index contributed by atoms with van der Waals surface area (Å²) in [4.78, 5) is 17.3. The summed E-state index contributed by atoms with van der Waals surface area (Å²) in [6.07, 6.45) is -3.39. The largest absolute Gasteiger partial charge is 0.496 e. The Hall–Kier alpha value is -2.48. The number of aryl methyl sites for hydroxylation is 1. The van der Waals surface area contributed by atoms with Crippen LogP contribution in [0.2, 0.25) is 0 Å². The van der Waals surface area contributed by atoms with Crippen molar-refractivity contribution >= 4 is 17.9 Å². The van der Waals surface area contributed by atoms with Crippen LogP contribution in [0.5, 0.6) is 11.5 Å². The highest BCUT2D eigenvalue weighted by Gasteiger charge is 2.30. The molecule has 1 unspecified atom stereocenters. The van der Waals surface area contributed by atoms with Crippen LogP contribution in [0.25, 0.3) is 0 Å². The minimum atomic E-state index is -4.35. The lowest BCUT2D eigenvalue weighted by molar-refractivity contribution is -0.191. The van der Waals surface area contributed by atoms with Crippen LogP contribution in [0.3, 0.4) is 0 Å². The Morgan fingerprint density at radius 2 is 1.74 bits per heavy atom. The topological polar surface area (TPSA) is 61.8 Å². The van der Waals surface area contributed by atoms with E-state index in [2.05, 4.69) is 6.07 Å². The summed E-state index contributed by atoms with van der Waals surface area (Å²) in [6, 6.07) is 10.7. The van der Waals surface area contributed by atoms with Gasteiger partial charge in [-0.15, -0.1) is 11.8 Å². The van der Waals surface area contributed by atoms with E-state index < -0.39 is 11.7 Å². The molecule has 2 aromatic rings. The van der Waals surface area contributed by atoms with Gasteiger partial charge in [0.15, 0.2) is 0 Å². The minimum absolute atomic E-state index is 0.172. The minimum Gasteiger partial charge on any atom is -0.496 e. The Morgan fingerprint density at radius 1 is 1.10 bits per heavy atom. The molecule has 2 aromatic carbocycles. The van der Waals surface area contributed by atoms with E-state index in [0.29, 0.717) is 18.1 Å². The third-order valence-electron chi connectivity index (χ3n) is 3.98. The van der Waals surface area contributed by atoms with Crippen LogP contribution in [0.15, 0.2) is 47.4 Å². The number of ether oxygens (including phenoxy) is 3. The van der Waals surface area contributed by atoms with Crippen molar-refractivity contribution in [2.24, 2.45) is 0 Å². The van der Waals surface area contributed by atoms with Crippen LogP contribution in [0, 0.1) is 6.92 Å². The van der Waals surface area contributed by atoms with Gasteiger partial charge in [-0.05, 0) is 61.4 Å². The fraction of sp³-hybridized carbons (Fsp3) is 0.409. The summed E-state index contributed by atoms with van der Waals surface area (Å²) < 4.78 is 54.7. The molecule has 170 valence electrons. The van der Waals surface area contributed by atoms with Gasteiger partial charge >= 0.3 is 12.3 Å². The van der Waals surface area contributed by atoms with Crippen LogP contribution in [0.1, 0.15) is 24.5 Å². The lowest BCUT2D eigenvalue weighted by atomic mass is 10.2. The second kappa shape index (κ2) is 13.7. The molecule has 5 nitrogen and oxygen atoms in total. The molecule has 0 heterocycles. The lowest BCUT2D eigenvalue weighted by Crippen LogP contribution is -2.25. The molecule has 9 heteroatoms. The SMILES string of the molecule is CCCOC(COc1ccc(C(F)(F)F)cc1)CSc1ccc(OC)c(C)c1.O=C=O. The Kier molecular flexibility index (Phi) is 11.8. The fourth-order valence-corrected chi connectivity index (χ4v) is 3.48. The molecule has 0 bridgehead atoms. The van der Waals surface area contributed by atoms with Crippen molar-refractivity contribution < 1.29 is 37.0 Å². The third-order valence-corrected chi connectivity index (χ3v) is 5.10. The van der Waals surface area contributed by atoms with E-state index in [-0.39, 0.29) is 18.9 Å². The van der Waals surface area contributed by atoms with Gasteiger partial charge in [-0.1, -0.05) is 6.92 Å². The van der Waals surface area contributed by atoms with Gasteiger partial charge in [0.2, 0.25) is 0 Å². The third kappa shape index (κ3) is 9.91. The quantitative estimate of drug-likeness (QED) is 0.444. The van der Waals surface area contributed by atoms with Crippen molar-refractivity contribution in [1.82, 2.24) is 0 Å². The van der Waals surface area contributed by atoms with E-state index in [1.165, 1.54) is 12.1 Å². The molecular weight excluding hydrogens is 433 g/mol. The maximum Gasteiger partial charge on any atom is 0.416 e. The number of hydrogen-bond acceptors (Lipinski definition) is 6. The number of alkyl halides is 3. The number of thioether (sulfide) groups is 1.